The largest absolute Gasteiger partial charge is 0.341 e. The number of piperidine rings is 1. The lowest BCUT2D eigenvalue weighted by Gasteiger charge is -2.48. The van der Waals surface area contributed by atoms with E-state index in [4.69, 9.17) is 0 Å². The highest BCUT2D eigenvalue weighted by atomic mass is 15.3. The van der Waals surface area contributed by atoms with Crippen LogP contribution in [0.5, 0.6) is 0 Å². The van der Waals surface area contributed by atoms with Gasteiger partial charge < -0.3 is 10.2 Å². The van der Waals surface area contributed by atoms with Gasteiger partial charge in [0.05, 0.1) is 0 Å². The van der Waals surface area contributed by atoms with Crippen LogP contribution in [0.2, 0.25) is 0 Å². The standard InChI is InChI=1S/C11H16N4.C2H6/c1-4-13-10(14-5-1)15-6-2-11(3-7-15)8-12-9-11;1-2/h1,4-5,12H,2-3,6-9H2;1-2H3. The molecular weight excluding hydrogens is 212 g/mol. The van der Waals surface area contributed by atoms with Crippen molar-refractivity contribution < 1.29 is 0 Å². The molecule has 0 amide bonds. The molecular formula is C13H22N4. The van der Waals surface area contributed by atoms with Gasteiger partial charge in [-0.1, -0.05) is 13.8 Å². The highest BCUT2D eigenvalue weighted by Crippen LogP contribution is 2.35. The lowest BCUT2D eigenvalue weighted by Crippen LogP contribution is -2.58. The Hall–Kier alpha value is -1.16. The van der Waals surface area contributed by atoms with Crippen molar-refractivity contribution in [2.75, 3.05) is 31.1 Å². The average Bonchev–Trinajstić information content (AvgIpc) is 2.40. The van der Waals surface area contributed by atoms with E-state index in [2.05, 4.69) is 20.2 Å². The van der Waals surface area contributed by atoms with Crippen molar-refractivity contribution in [2.24, 2.45) is 5.41 Å². The second kappa shape index (κ2) is 5.45. The number of rotatable bonds is 1. The van der Waals surface area contributed by atoms with Gasteiger partial charge in [-0.05, 0) is 24.3 Å². The number of aromatic nitrogens is 2. The van der Waals surface area contributed by atoms with E-state index in [0.717, 1.165) is 19.0 Å². The van der Waals surface area contributed by atoms with Crippen LogP contribution in [0.4, 0.5) is 5.95 Å². The lowest BCUT2D eigenvalue weighted by molar-refractivity contribution is 0.126. The fraction of sp³-hybridized carbons (Fsp3) is 0.692. The molecule has 0 unspecified atom stereocenters. The highest BCUT2D eigenvalue weighted by Gasteiger charge is 2.39. The van der Waals surface area contributed by atoms with Gasteiger partial charge in [0, 0.05) is 38.6 Å². The summed E-state index contributed by atoms with van der Waals surface area (Å²) in [7, 11) is 0. The van der Waals surface area contributed by atoms with Gasteiger partial charge in [-0.25, -0.2) is 9.97 Å². The van der Waals surface area contributed by atoms with Crippen molar-refractivity contribution in [1.29, 1.82) is 0 Å². The molecule has 2 saturated heterocycles. The first-order chi connectivity index (χ1) is 8.38. The fourth-order valence-electron chi connectivity index (χ4n) is 2.47. The van der Waals surface area contributed by atoms with Crippen LogP contribution in [-0.2, 0) is 0 Å². The normalized spacial score (nSPS) is 21.4. The molecule has 0 aromatic carbocycles. The fourth-order valence-corrected chi connectivity index (χ4v) is 2.47. The summed E-state index contributed by atoms with van der Waals surface area (Å²) in [5, 5.41) is 3.38. The molecule has 0 atom stereocenters. The Morgan fingerprint density at radius 3 is 2.18 bits per heavy atom. The van der Waals surface area contributed by atoms with Crippen molar-refractivity contribution in [3.8, 4) is 0 Å². The van der Waals surface area contributed by atoms with E-state index in [9.17, 15) is 0 Å². The molecule has 0 radical (unpaired) electrons. The van der Waals surface area contributed by atoms with Crippen LogP contribution in [0.3, 0.4) is 0 Å². The minimum Gasteiger partial charge on any atom is -0.341 e. The summed E-state index contributed by atoms with van der Waals surface area (Å²) >= 11 is 0. The first-order valence-electron chi connectivity index (χ1n) is 6.61. The molecule has 1 N–H and O–H groups in total. The van der Waals surface area contributed by atoms with E-state index in [0.29, 0.717) is 5.41 Å². The molecule has 3 rings (SSSR count). The van der Waals surface area contributed by atoms with Crippen molar-refractivity contribution in [3.05, 3.63) is 18.5 Å². The third kappa shape index (κ3) is 2.57. The maximum atomic E-state index is 4.29. The van der Waals surface area contributed by atoms with Crippen LogP contribution in [0.25, 0.3) is 0 Å². The van der Waals surface area contributed by atoms with Crippen LogP contribution in [0.1, 0.15) is 26.7 Å². The first kappa shape index (κ1) is 12.3. The van der Waals surface area contributed by atoms with E-state index < -0.39 is 0 Å². The Morgan fingerprint density at radius 2 is 1.71 bits per heavy atom. The van der Waals surface area contributed by atoms with E-state index >= 15 is 0 Å². The number of hydrogen-bond donors (Lipinski definition) is 1. The Balaban J connectivity index is 0.000000514. The van der Waals surface area contributed by atoms with Crippen LogP contribution in [-0.4, -0.2) is 36.1 Å². The van der Waals surface area contributed by atoms with Crippen molar-refractivity contribution in [1.82, 2.24) is 15.3 Å². The minimum atomic E-state index is 0.602. The SMILES string of the molecule is CC.c1cnc(N2CCC3(CC2)CNC3)nc1. The number of anilines is 1. The van der Waals surface area contributed by atoms with Gasteiger partial charge in [-0.2, -0.15) is 0 Å². The van der Waals surface area contributed by atoms with Crippen molar-refractivity contribution in [2.45, 2.75) is 26.7 Å². The van der Waals surface area contributed by atoms with Gasteiger partial charge in [-0.3, -0.25) is 0 Å². The summed E-state index contributed by atoms with van der Waals surface area (Å²) in [5.41, 5.74) is 0.602. The van der Waals surface area contributed by atoms with Crippen molar-refractivity contribution in [3.63, 3.8) is 0 Å². The second-order valence-corrected chi connectivity index (χ2v) is 4.64. The number of nitrogens with zero attached hydrogens (tertiary/aromatic N) is 3. The Labute approximate surface area is 103 Å². The molecule has 1 spiro atoms. The van der Waals surface area contributed by atoms with Gasteiger partial charge >= 0.3 is 0 Å². The molecule has 0 bridgehead atoms. The molecule has 2 aliphatic rings. The molecule has 0 saturated carbocycles. The number of hydrogen-bond acceptors (Lipinski definition) is 4. The maximum Gasteiger partial charge on any atom is 0.225 e. The molecule has 94 valence electrons. The van der Waals surface area contributed by atoms with Crippen LogP contribution in [0, 0.1) is 5.41 Å². The molecule has 1 aromatic heterocycles. The third-order valence-corrected chi connectivity index (χ3v) is 3.66. The third-order valence-electron chi connectivity index (χ3n) is 3.66. The summed E-state index contributed by atoms with van der Waals surface area (Å²) in [6.07, 6.45) is 6.19. The highest BCUT2D eigenvalue weighted by molar-refractivity contribution is 5.29. The zero-order chi connectivity index (χ0) is 12.1. The molecule has 4 nitrogen and oxygen atoms in total. The molecule has 17 heavy (non-hydrogen) atoms. The van der Waals surface area contributed by atoms with Gasteiger partial charge in [0.2, 0.25) is 5.95 Å². The summed E-state index contributed by atoms with van der Waals surface area (Å²) in [4.78, 5) is 10.9. The smallest absolute Gasteiger partial charge is 0.225 e. The monoisotopic (exact) mass is 234 g/mol. The van der Waals surface area contributed by atoms with Gasteiger partial charge in [0.25, 0.3) is 0 Å². The number of nitrogens with one attached hydrogen (secondary N) is 1. The summed E-state index contributed by atoms with van der Waals surface area (Å²) in [6, 6.07) is 1.87. The van der Waals surface area contributed by atoms with E-state index in [1.165, 1.54) is 25.9 Å². The van der Waals surface area contributed by atoms with Crippen LogP contribution < -0.4 is 10.2 Å². The Morgan fingerprint density at radius 1 is 1.12 bits per heavy atom. The lowest BCUT2D eigenvalue weighted by atomic mass is 9.73. The summed E-state index contributed by atoms with van der Waals surface area (Å²) in [5.74, 6) is 0.889. The molecule has 2 fully saturated rings. The van der Waals surface area contributed by atoms with Crippen molar-refractivity contribution >= 4 is 5.95 Å². The first-order valence-corrected chi connectivity index (χ1v) is 6.61. The predicted molar refractivity (Wildman–Crippen MR) is 70.1 cm³/mol. The van der Waals surface area contributed by atoms with E-state index in [-0.39, 0.29) is 0 Å². The zero-order valence-electron chi connectivity index (χ0n) is 10.8. The van der Waals surface area contributed by atoms with Crippen LogP contribution >= 0.6 is 0 Å². The van der Waals surface area contributed by atoms with Gasteiger partial charge in [0.15, 0.2) is 0 Å². The maximum absolute atomic E-state index is 4.29. The Kier molecular flexibility index (Phi) is 3.94. The second-order valence-electron chi connectivity index (χ2n) is 4.64. The average molecular weight is 234 g/mol. The molecule has 1 aromatic rings. The predicted octanol–water partition coefficient (Wildman–Crippen LogP) is 1.69. The van der Waals surface area contributed by atoms with Gasteiger partial charge in [-0.15, -0.1) is 0 Å². The Bertz CT molecular complexity index is 325. The topological polar surface area (TPSA) is 41.1 Å². The van der Waals surface area contributed by atoms with E-state index in [1.54, 1.807) is 0 Å². The zero-order valence-corrected chi connectivity index (χ0v) is 10.8. The molecule has 2 aliphatic heterocycles. The van der Waals surface area contributed by atoms with Crippen LogP contribution in [0.15, 0.2) is 18.5 Å². The van der Waals surface area contributed by atoms with E-state index in [1.807, 2.05) is 32.3 Å². The quantitative estimate of drug-likeness (QED) is 0.803. The summed E-state index contributed by atoms with van der Waals surface area (Å²) in [6.45, 7) is 8.62. The molecule has 0 aliphatic carbocycles. The summed E-state index contributed by atoms with van der Waals surface area (Å²) < 4.78 is 0. The minimum absolute atomic E-state index is 0.602. The van der Waals surface area contributed by atoms with Gasteiger partial charge in [0.1, 0.15) is 0 Å². The molecule has 3 heterocycles. The molecule has 4 heteroatoms.